The first-order valence-corrected chi connectivity index (χ1v) is 15.6. The summed E-state index contributed by atoms with van der Waals surface area (Å²) in [5.74, 6) is 0.850. The summed E-state index contributed by atoms with van der Waals surface area (Å²) in [5, 5.41) is 0. The Balaban J connectivity index is 0.000000295. The molecule has 0 radical (unpaired) electrons. The molecule has 0 spiro atoms. The maximum absolute atomic E-state index is 12.1. The van der Waals surface area contributed by atoms with Crippen molar-refractivity contribution in [1.82, 2.24) is 4.90 Å². The van der Waals surface area contributed by atoms with Gasteiger partial charge in [-0.05, 0) is 63.8 Å². The molecule has 3 aromatic carbocycles. The number of hydrogen-bond donors (Lipinski definition) is 0. The topological polar surface area (TPSA) is 36.0 Å². The molecule has 8 heteroatoms. The first-order valence-electron chi connectivity index (χ1n) is 14.6. The molecule has 0 N–H and O–H groups in total. The van der Waals surface area contributed by atoms with Gasteiger partial charge in [0.2, 0.25) is 0 Å². The normalized spacial score (nSPS) is 14.7. The minimum Gasteiger partial charge on any atom is -1.00 e. The van der Waals surface area contributed by atoms with E-state index in [4.69, 9.17) is 4.74 Å². The van der Waals surface area contributed by atoms with Gasteiger partial charge < -0.3 is 34.6 Å². The van der Waals surface area contributed by atoms with Crippen LogP contribution in [-0.4, -0.2) is 47.7 Å². The smallest absolute Gasteiger partial charge is 0.0146 e. The van der Waals surface area contributed by atoms with E-state index in [1.54, 1.807) is 0 Å². The summed E-state index contributed by atoms with van der Waals surface area (Å²) in [6.45, 7) is 21.1. The summed E-state index contributed by atoms with van der Waals surface area (Å²) in [6, 6.07) is 16.9. The average Bonchev–Trinajstić information content (AvgIpc) is 3.61. The molecule has 1 amide bonds. The number of para-hydroxylation sites is 1. The minimum absolute atomic E-state index is 0. The molecular weight excluding hydrogens is 666 g/mol. The van der Waals surface area contributed by atoms with Crippen LogP contribution in [0.2, 0.25) is 0 Å². The van der Waals surface area contributed by atoms with E-state index in [0.717, 1.165) is 50.3 Å². The molecule has 3 aromatic rings. The maximum Gasteiger partial charge on any atom is 0.0146 e. The Morgan fingerprint density at radius 2 is 1.23 bits per heavy atom. The first-order chi connectivity index (χ1) is 19.6. The first kappa shape index (κ1) is 36.8. The van der Waals surface area contributed by atoms with Gasteiger partial charge in [-0.3, -0.25) is 0 Å². The molecule has 5 nitrogen and oxygen atoms in total. The molecule has 2 saturated heterocycles. The van der Waals surface area contributed by atoms with Crippen LogP contribution in [0, 0.1) is 48.2 Å². The van der Waals surface area contributed by atoms with Gasteiger partial charge >= 0.3 is 117 Å². The monoisotopic (exact) mass is 710 g/mol. The van der Waals surface area contributed by atoms with Crippen molar-refractivity contribution in [3.8, 4) is 5.75 Å². The van der Waals surface area contributed by atoms with Crippen LogP contribution in [0.15, 0.2) is 48.5 Å². The van der Waals surface area contributed by atoms with Gasteiger partial charge in [0.25, 0.3) is 0 Å². The summed E-state index contributed by atoms with van der Waals surface area (Å²) in [7, 11) is 0. The predicted octanol–water partition coefficient (Wildman–Crippen LogP) is 0.764. The van der Waals surface area contributed by atoms with Crippen molar-refractivity contribution >= 4 is 21.9 Å². The van der Waals surface area contributed by atoms with E-state index in [1.807, 2.05) is 40.7 Å². The molecule has 5 rings (SSSR count). The average molecular weight is 711 g/mol. The molecule has 1 unspecified atom stereocenters. The Kier molecular flexibility index (Phi) is 14.2. The number of nitrogens with zero attached hydrogens (tertiary/aromatic N) is 3. The van der Waals surface area contributed by atoms with Gasteiger partial charge in [0.05, 0.1) is 0 Å². The Hall–Kier alpha value is -2.40. The summed E-state index contributed by atoms with van der Waals surface area (Å²) in [5.41, 5.74) is 11.8. The molecule has 2 aliphatic heterocycles. The zero-order chi connectivity index (χ0) is 29.7. The number of amides is 1. The number of likely N-dealkylation sites (tertiary alicyclic amines) is 1. The van der Waals surface area contributed by atoms with Crippen LogP contribution in [0.4, 0.5) is 11.4 Å². The molecule has 235 valence electrons. The molecule has 0 aromatic heterocycles. The Bertz CT molecular complexity index is 1300. The van der Waals surface area contributed by atoms with Crippen LogP contribution < -0.4 is 39.4 Å². The Labute approximate surface area is 281 Å². The van der Waals surface area contributed by atoms with Crippen LogP contribution in [0.5, 0.6) is 5.75 Å². The van der Waals surface area contributed by atoms with Crippen molar-refractivity contribution in [3.05, 3.63) is 94.1 Å². The molecule has 1 atom stereocenters. The summed E-state index contributed by atoms with van der Waals surface area (Å²) in [4.78, 5) is 18.8. The minimum atomic E-state index is -0.421. The van der Waals surface area contributed by atoms with E-state index in [2.05, 4.69) is 100 Å². The van der Waals surface area contributed by atoms with Crippen LogP contribution in [0.3, 0.4) is 0 Å². The molecular formula is C35H44Cl2N3O2Ru-2. The number of hydrogen-bond acceptors (Lipinski definition) is 4. The molecule has 2 fully saturated rings. The fourth-order valence-electron chi connectivity index (χ4n) is 6.20. The zero-order valence-electron chi connectivity index (χ0n) is 26.4. The third kappa shape index (κ3) is 9.06. The van der Waals surface area contributed by atoms with E-state index in [1.165, 1.54) is 44.8 Å². The number of carbonyl (C=O) groups is 1. The molecule has 43 heavy (non-hydrogen) atoms. The van der Waals surface area contributed by atoms with Crippen LogP contribution in [-0.2, 0) is 22.6 Å². The fourth-order valence-corrected chi connectivity index (χ4v) is 6.61. The second kappa shape index (κ2) is 16.6. The molecule has 0 saturated carbocycles. The van der Waals surface area contributed by atoms with Crippen LogP contribution in [0.25, 0.3) is 0 Å². The second-order valence-corrected chi connectivity index (χ2v) is 11.9. The van der Waals surface area contributed by atoms with E-state index < -0.39 is 6.10 Å². The van der Waals surface area contributed by atoms with Crippen molar-refractivity contribution in [2.75, 3.05) is 36.0 Å². The van der Waals surface area contributed by atoms with E-state index in [0.29, 0.717) is 0 Å². The number of carbonyl (C=O) groups excluding carboxylic acids is 1. The van der Waals surface area contributed by atoms with E-state index in [9.17, 15) is 4.79 Å². The number of halogens is 2. The molecule has 0 bridgehead atoms. The Morgan fingerprint density at radius 3 is 1.67 bits per heavy atom. The quantitative estimate of drug-likeness (QED) is 0.280. The van der Waals surface area contributed by atoms with Gasteiger partial charge in [-0.25, -0.2) is 0 Å². The van der Waals surface area contributed by atoms with Crippen LogP contribution in [0.1, 0.15) is 58.7 Å². The van der Waals surface area contributed by atoms with E-state index in [-0.39, 0.29) is 30.7 Å². The van der Waals surface area contributed by atoms with Gasteiger partial charge in [-0.2, -0.15) is 6.67 Å². The second-order valence-electron chi connectivity index (χ2n) is 11.4. The van der Waals surface area contributed by atoms with Crippen molar-refractivity contribution in [2.24, 2.45) is 0 Å². The summed E-state index contributed by atoms with van der Waals surface area (Å²) in [6.07, 6.45) is 1.79. The van der Waals surface area contributed by atoms with Crippen molar-refractivity contribution in [1.29, 1.82) is 0 Å². The van der Waals surface area contributed by atoms with Gasteiger partial charge in [0.1, 0.15) is 0 Å². The summed E-state index contributed by atoms with van der Waals surface area (Å²) < 4.78 is 7.70. The molecule has 2 heterocycles. The van der Waals surface area contributed by atoms with E-state index >= 15 is 0 Å². The third-order valence-electron chi connectivity index (χ3n) is 7.80. The largest absolute Gasteiger partial charge is 1.00 e. The standard InChI is InChI=1S/C21H27N2.C14H17NO2.2ClH.Ru/c1-14-9-16(3)20(17(4)10-14)22-7-8-23(13-22)21-18(5)11-15(2)12-19(21)6;1-11-7-3-4-8-13(11)17-12(2)14(16)15-9-5-6-10-15;;;/h9-13H,7-8H2,1-6H3;1,3-4,7-8,12H,5-6,9-10H2,2H3;2*1H;/q-1;;;;+1/p-2. The van der Waals surface area contributed by atoms with Gasteiger partial charge in [-0.1, -0.05) is 35.4 Å². The van der Waals surface area contributed by atoms with Crippen molar-refractivity contribution < 1.29 is 52.2 Å². The van der Waals surface area contributed by atoms with Gasteiger partial charge in [0, 0.05) is 24.5 Å². The third-order valence-corrected chi connectivity index (χ3v) is 8.34. The Morgan fingerprint density at radius 1 is 0.791 bits per heavy atom. The fraction of sp³-hybridized carbons (Fsp3) is 0.400. The number of rotatable bonds is 6. The van der Waals surface area contributed by atoms with Crippen molar-refractivity contribution in [2.45, 2.75) is 67.4 Å². The summed E-state index contributed by atoms with van der Waals surface area (Å²) >= 11 is 2.47. The number of benzene rings is 3. The maximum atomic E-state index is 12.1. The van der Waals surface area contributed by atoms with Gasteiger partial charge in [-0.15, -0.1) is 0 Å². The van der Waals surface area contributed by atoms with Crippen LogP contribution >= 0.6 is 0 Å². The SMILES string of the molecule is CC(Oc1ccccc1[CH]=[Ru+])C(=O)N1CCCC1.Cc1cc(C)c(N2[CH-]N(c3c(C)cc(C)cc3C)CC2)c(C)c1.[Cl-].[Cl-]. The van der Waals surface area contributed by atoms with Crippen molar-refractivity contribution in [3.63, 3.8) is 0 Å². The number of ether oxygens (including phenoxy) is 1. The van der Waals surface area contributed by atoms with Gasteiger partial charge in [0.15, 0.2) is 0 Å². The molecule has 2 aliphatic rings. The molecule has 0 aliphatic carbocycles. The predicted molar refractivity (Wildman–Crippen MR) is 168 cm³/mol. The number of anilines is 2. The zero-order valence-corrected chi connectivity index (χ0v) is 29.6. The number of aryl methyl sites for hydroxylation is 6.